The Balaban J connectivity index is 1.63. The van der Waals surface area contributed by atoms with E-state index in [1.54, 1.807) is 23.3 Å². The lowest BCUT2D eigenvalue weighted by Crippen LogP contribution is -2.30. The van der Waals surface area contributed by atoms with Gasteiger partial charge in [0.1, 0.15) is 12.2 Å². The molecule has 114 valence electrons. The molecule has 0 aliphatic rings. The molecule has 0 spiro atoms. The highest BCUT2D eigenvalue weighted by molar-refractivity contribution is 7.13. The number of hydrogen-bond donors (Lipinski definition) is 2. The fourth-order valence-electron chi connectivity index (χ4n) is 1.91. The van der Waals surface area contributed by atoms with Crippen LogP contribution in [0.3, 0.4) is 0 Å². The lowest BCUT2D eigenvalue weighted by Gasteiger charge is -2.15. The highest BCUT2D eigenvalue weighted by atomic mass is 32.1. The van der Waals surface area contributed by atoms with Gasteiger partial charge in [-0.15, -0.1) is 11.3 Å². The van der Waals surface area contributed by atoms with Crippen LogP contribution in [0, 0.1) is 0 Å². The van der Waals surface area contributed by atoms with E-state index in [1.165, 1.54) is 4.68 Å². The minimum absolute atomic E-state index is 0.00124. The Morgan fingerprint density at radius 3 is 3.09 bits per heavy atom. The summed E-state index contributed by atoms with van der Waals surface area (Å²) in [5.41, 5.74) is 7.26. The third kappa shape index (κ3) is 2.96. The molecule has 0 fully saturated rings. The number of likely N-dealkylation sites (N-methyl/N-ethyl adjacent to an activating group) is 1. The molecule has 0 aromatic carbocycles. The first kappa shape index (κ1) is 14.2. The number of nitrogen functional groups attached to an aromatic ring is 1. The Hall–Kier alpha value is -2.75. The molecule has 0 atom stereocenters. The molecule has 0 radical (unpaired) electrons. The fraction of sp³-hybridized carbons (Fsp3) is 0.250. The number of anilines is 1. The molecule has 9 nitrogen and oxygen atoms in total. The average Bonchev–Trinajstić information content (AvgIpc) is 3.21. The van der Waals surface area contributed by atoms with Crippen LogP contribution in [-0.2, 0) is 17.9 Å². The third-order valence-corrected chi connectivity index (χ3v) is 3.97. The Labute approximate surface area is 129 Å². The summed E-state index contributed by atoms with van der Waals surface area (Å²) in [6, 6.07) is 5.90. The summed E-state index contributed by atoms with van der Waals surface area (Å²) in [5.74, 6) is -0.0328. The van der Waals surface area contributed by atoms with Crippen molar-refractivity contribution in [3.63, 3.8) is 0 Å². The van der Waals surface area contributed by atoms with Gasteiger partial charge in [-0.1, -0.05) is 11.2 Å². The topological polar surface area (TPSA) is 119 Å². The van der Waals surface area contributed by atoms with E-state index in [2.05, 4.69) is 25.7 Å². The fourth-order valence-corrected chi connectivity index (χ4v) is 2.60. The van der Waals surface area contributed by atoms with Crippen molar-refractivity contribution in [2.75, 3.05) is 12.8 Å². The van der Waals surface area contributed by atoms with Gasteiger partial charge in [0.05, 0.1) is 17.1 Å². The maximum absolute atomic E-state index is 12.1. The van der Waals surface area contributed by atoms with Crippen LogP contribution >= 0.6 is 11.3 Å². The van der Waals surface area contributed by atoms with Crippen molar-refractivity contribution >= 4 is 23.2 Å². The minimum atomic E-state index is -0.147. The highest BCUT2D eigenvalue weighted by Crippen LogP contribution is 2.23. The van der Waals surface area contributed by atoms with Gasteiger partial charge in [0.2, 0.25) is 11.9 Å². The van der Waals surface area contributed by atoms with Crippen molar-refractivity contribution < 1.29 is 4.79 Å². The number of rotatable bonds is 5. The van der Waals surface area contributed by atoms with Gasteiger partial charge < -0.3 is 10.6 Å². The molecular formula is C12H14N8OS. The first-order valence-electron chi connectivity index (χ1n) is 6.47. The number of carbonyl (C=O) groups excluding carboxylic acids is 1. The first-order valence-corrected chi connectivity index (χ1v) is 7.35. The smallest absolute Gasteiger partial charge is 0.244 e. The molecule has 3 aromatic heterocycles. The van der Waals surface area contributed by atoms with Crippen molar-refractivity contribution in [1.82, 2.24) is 35.3 Å². The second-order valence-corrected chi connectivity index (χ2v) is 5.65. The quantitative estimate of drug-likeness (QED) is 0.701. The molecule has 3 rings (SSSR count). The standard InChI is InChI=1S/C12H14N8OS/c1-19(11(21)7-20-12(13)16-17-18-20)6-8-5-9(15-14-8)10-3-2-4-22-10/h2-5H,6-7H2,1H3,(H,14,15)(H2,13,16,18). The van der Waals surface area contributed by atoms with E-state index in [0.717, 1.165) is 16.3 Å². The van der Waals surface area contributed by atoms with Gasteiger partial charge in [0, 0.05) is 7.05 Å². The number of hydrogen-bond acceptors (Lipinski definition) is 7. The molecule has 3 N–H and O–H groups in total. The summed E-state index contributed by atoms with van der Waals surface area (Å²) >= 11 is 1.62. The van der Waals surface area contributed by atoms with Crippen molar-refractivity contribution in [3.8, 4) is 10.6 Å². The summed E-state index contributed by atoms with van der Waals surface area (Å²) in [7, 11) is 1.70. The molecule has 0 saturated carbocycles. The van der Waals surface area contributed by atoms with Gasteiger partial charge in [-0.3, -0.25) is 9.89 Å². The van der Waals surface area contributed by atoms with Crippen LogP contribution in [-0.4, -0.2) is 48.3 Å². The molecule has 0 saturated heterocycles. The summed E-state index contributed by atoms with van der Waals surface area (Å²) in [4.78, 5) is 14.8. The number of nitrogens with one attached hydrogen (secondary N) is 1. The second-order valence-electron chi connectivity index (χ2n) is 4.70. The lowest BCUT2D eigenvalue weighted by molar-refractivity contribution is -0.131. The maximum atomic E-state index is 12.1. The van der Waals surface area contributed by atoms with E-state index in [-0.39, 0.29) is 18.4 Å². The molecule has 0 unspecified atom stereocenters. The van der Waals surface area contributed by atoms with Gasteiger partial charge in [-0.25, -0.2) is 4.68 Å². The van der Waals surface area contributed by atoms with E-state index in [4.69, 9.17) is 5.73 Å². The predicted octanol–water partition coefficient (Wildman–Crippen LogP) is 0.365. The van der Waals surface area contributed by atoms with Crippen LogP contribution in [0.2, 0.25) is 0 Å². The average molecular weight is 318 g/mol. The van der Waals surface area contributed by atoms with Crippen LogP contribution in [0.15, 0.2) is 23.6 Å². The number of tetrazole rings is 1. The molecular weight excluding hydrogens is 304 g/mol. The van der Waals surface area contributed by atoms with Crippen LogP contribution in [0.1, 0.15) is 5.69 Å². The van der Waals surface area contributed by atoms with E-state index in [1.807, 2.05) is 23.6 Å². The number of aromatic amines is 1. The van der Waals surface area contributed by atoms with Gasteiger partial charge in [0.25, 0.3) is 0 Å². The van der Waals surface area contributed by atoms with Crippen LogP contribution in [0.4, 0.5) is 5.95 Å². The Bertz CT molecular complexity index is 762. The number of nitrogens with zero attached hydrogens (tertiary/aromatic N) is 6. The molecule has 10 heteroatoms. The molecule has 0 aliphatic carbocycles. The second kappa shape index (κ2) is 5.93. The molecule has 22 heavy (non-hydrogen) atoms. The minimum Gasteiger partial charge on any atom is -0.367 e. The summed E-state index contributed by atoms with van der Waals surface area (Å²) in [5, 5.41) is 19.8. The number of carbonyl (C=O) groups is 1. The largest absolute Gasteiger partial charge is 0.367 e. The van der Waals surface area contributed by atoms with Crippen LogP contribution < -0.4 is 5.73 Å². The SMILES string of the molecule is CN(Cc1cc(-c2cccs2)n[nH]1)C(=O)Cn1nnnc1N. The van der Waals surface area contributed by atoms with E-state index in [9.17, 15) is 4.79 Å². The van der Waals surface area contributed by atoms with Gasteiger partial charge >= 0.3 is 0 Å². The van der Waals surface area contributed by atoms with E-state index >= 15 is 0 Å². The Kier molecular flexibility index (Phi) is 3.83. The van der Waals surface area contributed by atoms with Crippen molar-refractivity contribution in [3.05, 3.63) is 29.3 Å². The van der Waals surface area contributed by atoms with Crippen LogP contribution in [0.5, 0.6) is 0 Å². The van der Waals surface area contributed by atoms with Crippen molar-refractivity contribution in [2.45, 2.75) is 13.1 Å². The predicted molar refractivity (Wildman–Crippen MR) is 80.6 cm³/mol. The maximum Gasteiger partial charge on any atom is 0.244 e. The molecule has 3 heterocycles. The van der Waals surface area contributed by atoms with Gasteiger partial charge in [-0.2, -0.15) is 5.10 Å². The van der Waals surface area contributed by atoms with E-state index < -0.39 is 0 Å². The van der Waals surface area contributed by atoms with Crippen molar-refractivity contribution in [2.24, 2.45) is 0 Å². The van der Waals surface area contributed by atoms with Gasteiger partial charge in [-0.05, 0) is 27.9 Å². The number of nitrogens with two attached hydrogens (primary N) is 1. The lowest BCUT2D eigenvalue weighted by atomic mass is 10.3. The zero-order valence-electron chi connectivity index (χ0n) is 11.8. The normalized spacial score (nSPS) is 10.8. The molecule has 0 bridgehead atoms. The molecule has 3 aromatic rings. The highest BCUT2D eigenvalue weighted by Gasteiger charge is 2.14. The van der Waals surface area contributed by atoms with E-state index in [0.29, 0.717) is 6.54 Å². The monoisotopic (exact) mass is 318 g/mol. The third-order valence-electron chi connectivity index (χ3n) is 3.08. The zero-order valence-corrected chi connectivity index (χ0v) is 12.6. The Morgan fingerprint density at radius 1 is 1.55 bits per heavy atom. The number of amides is 1. The van der Waals surface area contributed by atoms with Crippen molar-refractivity contribution in [1.29, 1.82) is 0 Å². The summed E-state index contributed by atoms with van der Waals surface area (Å²) in [6.45, 7) is 0.417. The molecule has 1 amide bonds. The number of H-pyrrole nitrogens is 1. The molecule has 0 aliphatic heterocycles. The van der Waals surface area contributed by atoms with Gasteiger partial charge in [0.15, 0.2) is 0 Å². The van der Waals surface area contributed by atoms with Crippen LogP contribution in [0.25, 0.3) is 10.6 Å². The first-order chi connectivity index (χ1) is 10.6. The number of thiophene rings is 1. The number of aromatic nitrogens is 6. The Morgan fingerprint density at radius 2 is 2.41 bits per heavy atom. The summed E-state index contributed by atoms with van der Waals surface area (Å²) < 4.78 is 1.25. The summed E-state index contributed by atoms with van der Waals surface area (Å²) in [6.07, 6.45) is 0. The zero-order chi connectivity index (χ0) is 15.5.